The first-order chi connectivity index (χ1) is 18.5. The number of aryl methyl sites for hydroxylation is 1. The van der Waals surface area contributed by atoms with Crippen LogP contribution in [0, 0.1) is 6.92 Å². The normalized spacial score (nSPS) is 19.4. The molecule has 2 atom stereocenters. The number of aliphatic carboxylic acids is 1. The monoisotopic (exact) mass is 538 g/mol. The minimum Gasteiger partial charge on any atom is -0.480 e. The van der Waals surface area contributed by atoms with Crippen molar-refractivity contribution in [1.82, 2.24) is 10.2 Å². The number of carbonyl (C=O) groups excluding carboxylic acids is 1. The van der Waals surface area contributed by atoms with Crippen LogP contribution in [0.3, 0.4) is 0 Å². The van der Waals surface area contributed by atoms with E-state index in [1.807, 2.05) is 49.6 Å². The summed E-state index contributed by atoms with van der Waals surface area (Å²) in [6.45, 7) is 4.70. The summed E-state index contributed by atoms with van der Waals surface area (Å²) in [6, 6.07) is 13.6. The number of thioether (sulfide) groups is 1. The van der Waals surface area contributed by atoms with Gasteiger partial charge in [-0.05, 0) is 92.0 Å². The molecule has 0 radical (unpaired) electrons. The second-order valence-electron chi connectivity index (χ2n) is 10.7. The molecular formula is C31H42N2O4S. The molecule has 1 heterocycles. The van der Waals surface area contributed by atoms with E-state index in [4.69, 9.17) is 4.74 Å². The summed E-state index contributed by atoms with van der Waals surface area (Å²) in [5.74, 6) is -0.678. The topological polar surface area (TPSA) is 78.9 Å². The molecule has 0 aromatic heterocycles. The smallest absolute Gasteiger partial charge is 0.326 e. The van der Waals surface area contributed by atoms with Crippen molar-refractivity contribution in [2.75, 3.05) is 25.2 Å². The van der Waals surface area contributed by atoms with Gasteiger partial charge >= 0.3 is 5.97 Å². The van der Waals surface area contributed by atoms with Crippen LogP contribution in [0.2, 0.25) is 0 Å². The number of nitrogens with one attached hydrogen (secondary N) is 1. The number of carbonyl (C=O) groups is 2. The molecule has 206 valence electrons. The molecule has 1 aliphatic heterocycles. The van der Waals surface area contributed by atoms with Crippen molar-refractivity contribution in [1.29, 1.82) is 0 Å². The maximum absolute atomic E-state index is 13.4. The number of benzene rings is 2. The molecule has 1 saturated heterocycles. The summed E-state index contributed by atoms with van der Waals surface area (Å²) in [6.07, 6.45) is 11.4. The molecule has 2 aromatic rings. The van der Waals surface area contributed by atoms with Gasteiger partial charge in [0.2, 0.25) is 0 Å². The fraction of sp³-hybridized carbons (Fsp3) is 0.548. The van der Waals surface area contributed by atoms with Crippen molar-refractivity contribution in [3.8, 4) is 11.1 Å². The summed E-state index contributed by atoms with van der Waals surface area (Å²) in [7, 11) is 0. The number of nitrogens with zero attached hydrogens (tertiary/aromatic N) is 1. The molecule has 0 spiro atoms. The van der Waals surface area contributed by atoms with Crippen molar-refractivity contribution in [2.24, 2.45) is 0 Å². The third-order valence-corrected chi connectivity index (χ3v) is 8.58. The van der Waals surface area contributed by atoms with E-state index in [2.05, 4.69) is 16.3 Å². The van der Waals surface area contributed by atoms with Gasteiger partial charge in [0.1, 0.15) is 6.04 Å². The number of likely N-dealkylation sites (tertiary alicyclic amines) is 1. The molecule has 7 heteroatoms. The molecule has 38 heavy (non-hydrogen) atoms. The Morgan fingerprint density at radius 2 is 1.87 bits per heavy atom. The van der Waals surface area contributed by atoms with Crippen LogP contribution in [0.15, 0.2) is 42.5 Å². The van der Waals surface area contributed by atoms with E-state index in [1.54, 1.807) is 11.8 Å². The molecule has 6 nitrogen and oxygen atoms in total. The number of hydrogen-bond donors (Lipinski definition) is 2. The average molecular weight is 539 g/mol. The quantitative estimate of drug-likeness (QED) is 0.350. The van der Waals surface area contributed by atoms with Gasteiger partial charge in [0.15, 0.2) is 0 Å². The highest BCUT2D eigenvalue weighted by Gasteiger charge is 2.27. The van der Waals surface area contributed by atoms with Gasteiger partial charge in [0.05, 0.1) is 12.7 Å². The molecule has 2 fully saturated rings. The minimum absolute atomic E-state index is 0.344. The van der Waals surface area contributed by atoms with Gasteiger partial charge in [-0.25, -0.2) is 4.79 Å². The Kier molecular flexibility index (Phi) is 10.7. The van der Waals surface area contributed by atoms with E-state index in [0.29, 0.717) is 29.9 Å². The summed E-state index contributed by atoms with van der Waals surface area (Å²) >= 11 is 1.57. The maximum atomic E-state index is 13.4. The van der Waals surface area contributed by atoms with Crippen molar-refractivity contribution in [3.05, 3.63) is 59.2 Å². The Labute approximate surface area is 231 Å². The van der Waals surface area contributed by atoms with Gasteiger partial charge in [0, 0.05) is 18.2 Å². The van der Waals surface area contributed by atoms with Gasteiger partial charge in [-0.2, -0.15) is 11.8 Å². The molecule has 0 bridgehead atoms. The number of amides is 1. The zero-order valence-corrected chi connectivity index (χ0v) is 23.6. The first kappa shape index (κ1) is 28.7. The number of carboxylic acid groups (broad SMARTS) is 1. The maximum Gasteiger partial charge on any atom is 0.326 e. The van der Waals surface area contributed by atoms with Gasteiger partial charge in [-0.1, -0.05) is 49.6 Å². The number of hydrogen-bond acceptors (Lipinski definition) is 5. The van der Waals surface area contributed by atoms with Crippen LogP contribution in [0.5, 0.6) is 0 Å². The third kappa shape index (κ3) is 7.61. The van der Waals surface area contributed by atoms with E-state index >= 15 is 0 Å². The van der Waals surface area contributed by atoms with Crippen molar-refractivity contribution < 1.29 is 19.4 Å². The molecule has 1 amide bonds. The Balaban J connectivity index is 1.53. The van der Waals surface area contributed by atoms with Gasteiger partial charge < -0.3 is 15.2 Å². The lowest BCUT2D eigenvalue weighted by Crippen LogP contribution is -2.41. The zero-order chi connectivity index (χ0) is 26.9. The van der Waals surface area contributed by atoms with Crippen LogP contribution in [-0.2, 0) is 16.1 Å². The lowest BCUT2D eigenvalue weighted by Gasteiger charge is -2.28. The van der Waals surface area contributed by atoms with Gasteiger partial charge in [-0.3, -0.25) is 9.69 Å². The summed E-state index contributed by atoms with van der Waals surface area (Å²) in [5, 5.41) is 12.4. The largest absolute Gasteiger partial charge is 0.480 e. The zero-order valence-electron chi connectivity index (χ0n) is 22.8. The van der Waals surface area contributed by atoms with Crippen LogP contribution in [-0.4, -0.2) is 65.2 Å². The van der Waals surface area contributed by atoms with E-state index < -0.39 is 12.0 Å². The molecule has 2 unspecified atom stereocenters. The van der Waals surface area contributed by atoms with Gasteiger partial charge in [0.25, 0.3) is 5.91 Å². The third-order valence-electron chi connectivity index (χ3n) is 7.94. The van der Waals surface area contributed by atoms with Crippen LogP contribution < -0.4 is 5.32 Å². The molecule has 4 rings (SSSR count). The number of ether oxygens (including phenoxy) is 1. The van der Waals surface area contributed by atoms with E-state index in [1.165, 1.54) is 38.5 Å². The Hall–Kier alpha value is -2.35. The van der Waals surface area contributed by atoms with E-state index in [0.717, 1.165) is 48.4 Å². The first-order valence-corrected chi connectivity index (χ1v) is 15.4. The highest BCUT2D eigenvalue weighted by atomic mass is 32.2. The van der Waals surface area contributed by atoms with Crippen molar-refractivity contribution in [2.45, 2.75) is 83.0 Å². The minimum atomic E-state index is -1.00. The predicted octanol–water partition coefficient (Wildman–Crippen LogP) is 5.91. The van der Waals surface area contributed by atoms with Gasteiger partial charge in [-0.15, -0.1) is 0 Å². The van der Waals surface area contributed by atoms with E-state index in [9.17, 15) is 14.7 Å². The standard InChI is InChI=1S/C31H42N2O4S/c1-22-9-6-7-13-26(22)28-19-23(14-15-27(28)30(34)32-29(31(35)36)16-18-38-2)20-33-17-8-10-24(33)21-37-25-11-4-3-5-12-25/h6-7,9,13-15,19,24-25,29H,3-5,8,10-12,16-18,20-21H2,1-2H3,(H,32,34)(H,35,36). The van der Waals surface area contributed by atoms with E-state index in [-0.39, 0.29) is 5.91 Å². The second kappa shape index (κ2) is 14.2. The average Bonchev–Trinajstić information content (AvgIpc) is 3.37. The lowest BCUT2D eigenvalue weighted by molar-refractivity contribution is -0.139. The Bertz CT molecular complexity index is 1090. The fourth-order valence-corrected chi connectivity index (χ4v) is 6.19. The Morgan fingerprint density at radius 3 is 2.61 bits per heavy atom. The summed E-state index contributed by atoms with van der Waals surface area (Å²) in [5.41, 5.74) is 4.59. The molecule has 2 N–H and O–H groups in total. The molecule has 2 aliphatic rings. The van der Waals surface area contributed by atoms with Crippen LogP contribution in [0.1, 0.15) is 72.9 Å². The Morgan fingerprint density at radius 1 is 1.08 bits per heavy atom. The first-order valence-electron chi connectivity index (χ1n) is 14.0. The SMILES string of the molecule is CSCCC(NC(=O)c1ccc(CN2CCCC2COC2CCCCC2)cc1-c1ccccc1C)C(=O)O. The lowest BCUT2D eigenvalue weighted by atomic mass is 9.93. The van der Waals surface area contributed by atoms with Crippen molar-refractivity contribution >= 4 is 23.6 Å². The molecule has 1 aliphatic carbocycles. The van der Waals surface area contributed by atoms with Crippen LogP contribution >= 0.6 is 11.8 Å². The summed E-state index contributed by atoms with van der Waals surface area (Å²) in [4.78, 5) is 27.7. The summed E-state index contributed by atoms with van der Waals surface area (Å²) < 4.78 is 6.33. The fourth-order valence-electron chi connectivity index (χ4n) is 5.72. The molecular weight excluding hydrogens is 496 g/mol. The predicted molar refractivity (Wildman–Crippen MR) is 155 cm³/mol. The second-order valence-corrected chi connectivity index (χ2v) is 11.7. The number of rotatable bonds is 12. The van der Waals surface area contributed by atoms with Crippen molar-refractivity contribution in [3.63, 3.8) is 0 Å². The highest BCUT2D eigenvalue weighted by Crippen LogP contribution is 2.30. The molecule has 1 saturated carbocycles. The van der Waals surface area contributed by atoms with Crippen LogP contribution in [0.25, 0.3) is 11.1 Å². The number of carboxylic acids is 1. The van der Waals surface area contributed by atoms with Crippen LogP contribution in [0.4, 0.5) is 0 Å². The molecule has 2 aromatic carbocycles. The highest BCUT2D eigenvalue weighted by molar-refractivity contribution is 7.98.